The van der Waals surface area contributed by atoms with Gasteiger partial charge in [0.05, 0.1) is 12.2 Å². The first-order valence-electron chi connectivity index (χ1n) is 8.94. The van der Waals surface area contributed by atoms with Crippen molar-refractivity contribution in [3.8, 4) is 16.9 Å². The lowest BCUT2D eigenvalue weighted by molar-refractivity contribution is -0.0786. The van der Waals surface area contributed by atoms with E-state index >= 15 is 0 Å². The van der Waals surface area contributed by atoms with Crippen molar-refractivity contribution in [1.82, 2.24) is 4.90 Å². The number of rotatable bonds is 6. The van der Waals surface area contributed by atoms with E-state index in [4.69, 9.17) is 9.47 Å². The molecule has 1 aliphatic rings. The summed E-state index contributed by atoms with van der Waals surface area (Å²) >= 11 is 0. The number of nitrogens with zero attached hydrogens (tertiary/aromatic N) is 1. The Labute approximate surface area is 150 Å². The highest BCUT2D eigenvalue weighted by Gasteiger charge is 2.23. The highest BCUT2D eigenvalue weighted by molar-refractivity contribution is 5.63. The lowest BCUT2D eigenvalue weighted by Crippen LogP contribution is -2.48. The first kappa shape index (κ1) is 17.9. The molecule has 4 heteroatoms. The van der Waals surface area contributed by atoms with Gasteiger partial charge in [-0.1, -0.05) is 42.5 Å². The number of hydrogen-bond donors (Lipinski definition) is 1. The fraction of sp³-hybridized carbons (Fsp3) is 0.429. The zero-order chi connectivity index (χ0) is 17.6. The molecule has 1 N–H and O–H groups in total. The minimum Gasteiger partial charge on any atom is -0.491 e. The molecule has 134 valence electrons. The van der Waals surface area contributed by atoms with Gasteiger partial charge in [-0.2, -0.15) is 0 Å². The standard InChI is InChI=1S/C21H27NO3/c1-16-12-22(13-17(2)25-16)14-20(23)15-24-21-10-8-19(9-11-21)18-6-4-3-5-7-18/h3-11,16-17,20,23H,12-15H2,1-2H3. The van der Waals surface area contributed by atoms with Crippen molar-refractivity contribution < 1.29 is 14.6 Å². The largest absolute Gasteiger partial charge is 0.491 e. The van der Waals surface area contributed by atoms with E-state index in [-0.39, 0.29) is 12.2 Å². The second-order valence-electron chi connectivity index (χ2n) is 6.83. The van der Waals surface area contributed by atoms with Gasteiger partial charge in [0.25, 0.3) is 0 Å². The molecule has 2 aromatic rings. The number of aliphatic hydroxyl groups excluding tert-OH is 1. The SMILES string of the molecule is CC1CN(CC(O)COc2ccc(-c3ccccc3)cc2)CC(C)O1. The molecule has 0 bridgehead atoms. The Bertz CT molecular complexity index is 634. The van der Waals surface area contributed by atoms with Crippen LogP contribution in [0, 0.1) is 0 Å². The predicted molar refractivity (Wildman–Crippen MR) is 99.8 cm³/mol. The first-order chi connectivity index (χ1) is 12.1. The van der Waals surface area contributed by atoms with Crippen LogP contribution in [0.4, 0.5) is 0 Å². The monoisotopic (exact) mass is 341 g/mol. The van der Waals surface area contributed by atoms with E-state index in [1.807, 2.05) is 42.5 Å². The number of aliphatic hydroxyl groups is 1. The summed E-state index contributed by atoms with van der Waals surface area (Å²) in [6.45, 7) is 6.75. The van der Waals surface area contributed by atoms with E-state index < -0.39 is 6.10 Å². The summed E-state index contributed by atoms with van der Waals surface area (Å²) in [6.07, 6.45) is -0.0869. The third kappa shape index (κ3) is 5.30. The Balaban J connectivity index is 1.48. The molecular formula is C21H27NO3. The van der Waals surface area contributed by atoms with Crippen molar-refractivity contribution in [2.75, 3.05) is 26.2 Å². The maximum atomic E-state index is 10.3. The molecule has 0 amide bonds. The molecule has 3 atom stereocenters. The van der Waals surface area contributed by atoms with Crippen LogP contribution in [-0.2, 0) is 4.74 Å². The summed E-state index contributed by atoms with van der Waals surface area (Å²) in [5.41, 5.74) is 2.34. The number of ether oxygens (including phenoxy) is 2. The van der Waals surface area contributed by atoms with E-state index in [0.29, 0.717) is 13.2 Å². The van der Waals surface area contributed by atoms with Gasteiger partial charge in [0.15, 0.2) is 0 Å². The molecule has 2 aromatic carbocycles. The number of benzene rings is 2. The van der Waals surface area contributed by atoms with E-state index in [1.54, 1.807) is 0 Å². The molecule has 25 heavy (non-hydrogen) atoms. The van der Waals surface area contributed by atoms with Crippen molar-refractivity contribution in [2.45, 2.75) is 32.2 Å². The van der Waals surface area contributed by atoms with Gasteiger partial charge in [-0.25, -0.2) is 0 Å². The number of morpholine rings is 1. The average Bonchev–Trinajstić information content (AvgIpc) is 2.60. The van der Waals surface area contributed by atoms with Gasteiger partial charge in [0.2, 0.25) is 0 Å². The summed E-state index contributed by atoms with van der Waals surface area (Å²) < 4.78 is 11.5. The quantitative estimate of drug-likeness (QED) is 0.876. The summed E-state index contributed by atoms with van der Waals surface area (Å²) in [4.78, 5) is 2.24. The van der Waals surface area contributed by atoms with Crippen LogP contribution in [0.25, 0.3) is 11.1 Å². The molecule has 1 fully saturated rings. The Hall–Kier alpha value is -1.88. The van der Waals surface area contributed by atoms with Crippen LogP contribution >= 0.6 is 0 Å². The molecule has 3 rings (SSSR count). The topological polar surface area (TPSA) is 41.9 Å². The van der Waals surface area contributed by atoms with E-state index in [2.05, 4.69) is 30.9 Å². The van der Waals surface area contributed by atoms with Crippen molar-refractivity contribution in [2.24, 2.45) is 0 Å². The van der Waals surface area contributed by atoms with Crippen molar-refractivity contribution >= 4 is 0 Å². The summed E-state index contributed by atoms with van der Waals surface area (Å²) in [7, 11) is 0. The van der Waals surface area contributed by atoms with Gasteiger partial charge in [0.1, 0.15) is 18.5 Å². The summed E-state index contributed by atoms with van der Waals surface area (Å²) in [5.74, 6) is 0.780. The van der Waals surface area contributed by atoms with Crippen LogP contribution in [-0.4, -0.2) is 54.6 Å². The zero-order valence-corrected chi connectivity index (χ0v) is 15.0. The zero-order valence-electron chi connectivity index (χ0n) is 15.0. The predicted octanol–water partition coefficient (Wildman–Crippen LogP) is 3.20. The lowest BCUT2D eigenvalue weighted by atomic mass is 10.1. The Morgan fingerprint density at radius 2 is 1.60 bits per heavy atom. The van der Waals surface area contributed by atoms with Crippen LogP contribution < -0.4 is 4.74 Å². The fourth-order valence-corrected chi connectivity index (χ4v) is 3.35. The first-order valence-corrected chi connectivity index (χ1v) is 8.94. The fourth-order valence-electron chi connectivity index (χ4n) is 3.35. The maximum absolute atomic E-state index is 10.3. The normalized spacial score (nSPS) is 22.5. The molecule has 4 nitrogen and oxygen atoms in total. The summed E-state index contributed by atoms with van der Waals surface area (Å²) in [6, 6.07) is 18.2. The second-order valence-corrected chi connectivity index (χ2v) is 6.83. The van der Waals surface area contributed by atoms with Gasteiger partial charge in [-0.3, -0.25) is 4.90 Å². The summed E-state index contributed by atoms with van der Waals surface area (Å²) in [5, 5.41) is 10.3. The Morgan fingerprint density at radius 1 is 1.00 bits per heavy atom. The van der Waals surface area contributed by atoms with E-state index in [0.717, 1.165) is 24.4 Å². The third-order valence-electron chi connectivity index (χ3n) is 4.37. The Kier molecular flexibility index (Phi) is 6.08. The molecule has 0 aliphatic carbocycles. The molecule has 0 aromatic heterocycles. The van der Waals surface area contributed by atoms with Crippen molar-refractivity contribution in [1.29, 1.82) is 0 Å². The maximum Gasteiger partial charge on any atom is 0.119 e. The molecule has 1 heterocycles. The third-order valence-corrected chi connectivity index (χ3v) is 4.37. The van der Waals surface area contributed by atoms with Crippen LogP contribution in [0.3, 0.4) is 0 Å². The van der Waals surface area contributed by atoms with Gasteiger partial charge >= 0.3 is 0 Å². The molecule has 1 saturated heterocycles. The molecule has 0 saturated carbocycles. The minimum atomic E-state index is -0.508. The molecule has 0 spiro atoms. The van der Waals surface area contributed by atoms with E-state index in [1.165, 1.54) is 5.56 Å². The highest BCUT2D eigenvalue weighted by atomic mass is 16.5. The van der Waals surface area contributed by atoms with Gasteiger partial charge in [-0.05, 0) is 37.1 Å². The molecule has 3 unspecified atom stereocenters. The second kappa shape index (κ2) is 8.48. The van der Waals surface area contributed by atoms with Crippen LogP contribution in [0.5, 0.6) is 5.75 Å². The minimum absolute atomic E-state index is 0.211. The van der Waals surface area contributed by atoms with Gasteiger partial charge in [-0.15, -0.1) is 0 Å². The van der Waals surface area contributed by atoms with Gasteiger partial charge in [0, 0.05) is 19.6 Å². The van der Waals surface area contributed by atoms with Crippen molar-refractivity contribution in [3.63, 3.8) is 0 Å². The van der Waals surface area contributed by atoms with Crippen molar-refractivity contribution in [3.05, 3.63) is 54.6 Å². The Morgan fingerprint density at radius 3 is 2.24 bits per heavy atom. The van der Waals surface area contributed by atoms with Crippen LogP contribution in [0.15, 0.2) is 54.6 Å². The van der Waals surface area contributed by atoms with Crippen LogP contribution in [0.2, 0.25) is 0 Å². The van der Waals surface area contributed by atoms with E-state index in [9.17, 15) is 5.11 Å². The number of β-amino-alcohol motifs (C(OH)–C–C–N with tert-alkyl or cyclic N) is 1. The molecule has 0 radical (unpaired) electrons. The average molecular weight is 341 g/mol. The lowest BCUT2D eigenvalue weighted by Gasteiger charge is -2.36. The smallest absolute Gasteiger partial charge is 0.119 e. The molecule has 1 aliphatic heterocycles. The highest BCUT2D eigenvalue weighted by Crippen LogP contribution is 2.22. The number of hydrogen-bond acceptors (Lipinski definition) is 4. The molecular weight excluding hydrogens is 314 g/mol. The van der Waals surface area contributed by atoms with Crippen LogP contribution in [0.1, 0.15) is 13.8 Å². The van der Waals surface area contributed by atoms with Gasteiger partial charge < -0.3 is 14.6 Å².